The van der Waals surface area contributed by atoms with Crippen molar-refractivity contribution in [3.63, 3.8) is 0 Å². The van der Waals surface area contributed by atoms with E-state index in [9.17, 15) is 58.5 Å². The Kier molecular flexibility index (Phi) is 14.7. The van der Waals surface area contributed by atoms with Gasteiger partial charge >= 0.3 is 11.9 Å². The second-order valence-electron chi connectivity index (χ2n) is 14.3. The summed E-state index contributed by atoms with van der Waals surface area (Å²) in [6.07, 6.45) is 1.55. The lowest BCUT2D eigenvalue weighted by molar-refractivity contribution is -0.153. The van der Waals surface area contributed by atoms with E-state index in [0.29, 0.717) is 38.6 Å². The van der Waals surface area contributed by atoms with Crippen molar-refractivity contribution in [2.45, 2.75) is 126 Å². The van der Waals surface area contributed by atoms with Crippen LogP contribution in [0.25, 0.3) is 0 Å². The highest BCUT2D eigenvalue weighted by Crippen LogP contribution is 2.26. The number of rotatable bonds is 16. The molecule has 4 heterocycles. The van der Waals surface area contributed by atoms with Crippen molar-refractivity contribution < 1.29 is 58.5 Å². The van der Waals surface area contributed by atoms with Crippen LogP contribution in [-0.4, -0.2) is 164 Å². The second kappa shape index (κ2) is 19.0. The number of likely N-dealkylation sites (tertiary alicyclic amines) is 3. The van der Waals surface area contributed by atoms with Gasteiger partial charge in [-0.1, -0.05) is 0 Å². The van der Waals surface area contributed by atoms with E-state index in [1.807, 2.05) is 0 Å². The first kappa shape index (κ1) is 41.9. The summed E-state index contributed by atoms with van der Waals surface area (Å²) < 4.78 is 0. The molecule has 20 heteroatoms. The van der Waals surface area contributed by atoms with Gasteiger partial charge in [-0.2, -0.15) is 0 Å². The van der Waals surface area contributed by atoms with Crippen molar-refractivity contribution >= 4 is 53.3 Å². The number of hydrogen-bond donors (Lipinski definition) is 8. The Balaban J connectivity index is 1.32. The van der Waals surface area contributed by atoms with E-state index in [2.05, 4.69) is 26.6 Å². The van der Waals surface area contributed by atoms with Gasteiger partial charge in [0.25, 0.3) is 0 Å². The summed E-state index contributed by atoms with van der Waals surface area (Å²) in [7, 11) is 0. The Morgan fingerprint density at radius 1 is 0.722 bits per heavy atom. The molecule has 0 aromatic heterocycles. The summed E-state index contributed by atoms with van der Waals surface area (Å²) in [5.74, 6) is -7.11. The molecule has 8 N–H and O–H groups in total. The molecule has 4 saturated heterocycles. The number of hydrogen-bond acceptors (Lipinski definition) is 11. The maximum absolute atomic E-state index is 13.7. The number of carboxylic acid groups (broad SMARTS) is 2. The van der Waals surface area contributed by atoms with Gasteiger partial charge in [0.15, 0.2) is 0 Å². The molecule has 20 nitrogen and oxygen atoms in total. The van der Waals surface area contributed by atoms with Crippen molar-refractivity contribution in [1.29, 1.82) is 0 Å². The molecule has 8 atom stereocenters. The highest BCUT2D eigenvalue weighted by atomic mass is 16.4. The first-order chi connectivity index (χ1) is 25.6. The Morgan fingerprint density at radius 3 is 1.93 bits per heavy atom. The highest BCUT2D eigenvalue weighted by Gasteiger charge is 2.45. The van der Waals surface area contributed by atoms with E-state index >= 15 is 0 Å². The molecule has 0 saturated carbocycles. The zero-order valence-corrected chi connectivity index (χ0v) is 30.6. The molecule has 0 unspecified atom stereocenters. The number of nitrogens with zero attached hydrogens (tertiary/aromatic N) is 3. The number of aliphatic carboxylic acids is 2. The van der Waals surface area contributed by atoms with E-state index in [0.717, 1.165) is 13.0 Å². The Bertz CT molecular complexity index is 1470. The summed E-state index contributed by atoms with van der Waals surface area (Å²) in [6.45, 7) is 3.42. The van der Waals surface area contributed by atoms with Crippen LogP contribution in [-0.2, 0) is 43.2 Å². The quantitative estimate of drug-likeness (QED) is 0.0763. The normalized spacial score (nSPS) is 24.6. The molecule has 4 aliphatic heterocycles. The van der Waals surface area contributed by atoms with Crippen molar-refractivity contribution in [2.75, 3.05) is 32.7 Å². The van der Waals surface area contributed by atoms with Crippen LogP contribution >= 0.6 is 0 Å². The monoisotopic (exact) mass is 764 g/mol. The van der Waals surface area contributed by atoms with E-state index in [1.54, 1.807) is 0 Å². The summed E-state index contributed by atoms with van der Waals surface area (Å²) >= 11 is 0. The molecule has 0 spiro atoms. The van der Waals surface area contributed by atoms with Gasteiger partial charge in [0.2, 0.25) is 41.4 Å². The smallest absolute Gasteiger partial charge is 0.326 e. The summed E-state index contributed by atoms with van der Waals surface area (Å²) in [6, 6.07) is -7.34. The van der Waals surface area contributed by atoms with Crippen LogP contribution in [0.1, 0.15) is 78.1 Å². The first-order valence-electron chi connectivity index (χ1n) is 18.6. The maximum atomic E-state index is 13.7. The molecular formula is C34H52N8O12. The molecule has 7 amide bonds. The fraction of sp³-hybridized carbons (Fsp3) is 0.735. The number of amides is 7. The van der Waals surface area contributed by atoms with Gasteiger partial charge < -0.3 is 56.6 Å². The number of carboxylic acids is 2. The summed E-state index contributed by atoms with van der Waals surface area (Å²) in [4.78, 5) is 119. The summed E-state index contributed by atoms with van der Waals surface area (Å²) in [5.41, 5.74) is 0. The number of carbonyl (C=O) groups is 9. The lowest BCUT2D eigenvalue weighted by Gasteiger charge is -2.33. The lowest BCUT2D eigenvalue weighted by Crippen LogP contribution is -2.60. The molecule has 0 bridgehead atoms. The molecule has 0 aliphatic carbocycles. The van der Waals surface area contributed by atoms with Crippen LogP contribution in [0.3, 0.4) is 0 Å². The van der Waals surface area contributed by atoms with Gasteiger partial charge in [0, 0.05) is 26.1 Å². The van der Waals surface area contributed by atoms with Crippen molar-refractivity contribution in [3.8, 4) is 0 Å². The molecule has 300 valence electrons. The molecule has 4 rings (SSSR count). The van der Waals surface area contributed by atoms with Gasteiger partial charge in [-0.05, 0) is 78.2 Å². The molecule has 4 aliphatic rings. The zero-order chi connectivity index (χ0) is 39.7. The van der Waals surface area contributed by atoms with Crippen LogP contribution in [0.2, 0.25) is 0 Å². The van der Waals surface area contributed by atoms with Gasteiger partial charge in [-0.25, -0.2) is 4.79 Å². The van der Waals surface area contributed by atoms with Gasteiger partial charge in [-0.3, -0.25) is 38.4 Å². The summed E-state index contributed by atoms with van der Waals surface area (Å²) in [5, 5.41) is 42.1. The average Bonchev–Trinajstić information content (AvgIpc) is 3.96. The van der Waals surface area contributed by atoms with Gasteiger partial charge in [-0.15, -0.1) is 0 Å². The SMILES string of the molecule is C[C@H](NC(=O)[C@@H]1CCCN1C(=O)[C@@H]1CCCN1)C(=O)NCC(=O)N[C@@H](CCC(=O)O)C(=O)N[C@H](C(=O)N1CCC[C@H]1C(=O)N1CCC[C@H]1C(=O)O)[C@@H](C)O. The second-order valence-corrected chi connectivity index (χ2v) is 14.3. The zero-order valence-electron chi connectivity index (χ0n) is 30.6. The van der Waals surface area contributed by atoms with Crippen LogP contribution < -0.4 is 26.6 Å². The topological polar surface area (TPSA) is 284 Å². The van der Waals surface area contributed by atoms with Crippen LogP contribution in [0, 0.1) is 0 Å². The van der Waals surface area contributed by atoms with E-state index in [4.69, 9.17) is 0 Å². The van der Waals surface area contributed by atoms with E-state index in [1.165, 1.54) is 28.5 Å². The number of carbonyl (C=O) groups excluding carboxylic acids is 7. The molecule has 54 heavy (non-hydrogen) atoms. The average molecular weight is 765 g/mol. The Labute approximate surface area is 312 Å². The third-order valence-electron chi connectivity index (χ3n) is 10.4. The molecule has 0 radical (unpaired) electrons. The van der Waals surface area contributed by atoms with Crippen molar-refractivity contribution in [1.82, 2.24) is 41.3 Å². The molecular weight excluding hydrogens is 712 g/mol. The highest BCUT2D eigenvalue weighted by molar-refractivity contribution is 5.97. The number of nitrogens with one attached hydrogen (secondary N) is 5. The first-order valence-corrected chi connectivity index (χ1v) is 18.6. The van der Waals surface area contributed by atoms with Crippen molar-refractivity contribution in [3.05, 3.63) is 0 Å². The minimum Gasteiger partial charge on any atom is -0.481 e. The van der Waals surface area contributed by atoms with E-state index < -0.39 is 109 Å². The third-order valence-corrected chi connectivity index (χ3v) is 10.4. The third kappa shape index (κ3) is 10.4. The van der Waals surface area contributed by atoms with Crippen LogP contribution in [0.5, 0.6) is 0 Å². The largest absolute Gasteiger partial charge is 0.481 e. The van der Waals surface area contributed by atoms with Crippen molar-refractivity contribution in [2.24, 2.45) is 0 Å². The molecule has 4 fully saturated rings. The minimum atomic E-state index is -1.60. The lowest BCUT2D eigenvalue weighted by atomic mass is 10.1. The van der Waals surface area contributed by atoms with E-state index in [-0.39, 0.29) is 37.9 Å². The standard InChI is InChI=1S/C34H52N8O12/c1-18(37-30(49)22-8-4-14-40(22)31(50)21-7-3-13-35-21)28(47)36-17-25(44)38-20(11-12-26(45)46)29(48)39-27(19(2)43)33(52)41-15-5-9-23(41)32(51)42-16-6-10-24(42)34(53)54/h18-24,27,35,43H,3-17H2,1-2H3,(H,36,47)(H,37,49)(H,38,44)(H,39,48)(H,45,46)(H,53,54)/t18-,19+,20-,21-,22-,23-,24-,27-/m0/s1. The predicted octanol–water partition coefficient (Wildman–Crippen LogP) is -3.37. The fourth-order valence-corrected chi connectivity index (χ4v) is 7.46. The Hall–Kier alpha value is -4.85. The van der Waals surface area contributed by atoms with Gasteiger partial charge in [0.1, 0.15) is 36.3 Å². The molecule has 0 aromatic rings. The molecule has 0 aromatic carbocycles. The predicted molar refractivity (Wildman–Crippen MR) is 186 cm³/mol. The van der Waals surface area contributed by atoms with Crippen LogP contribution in [0.15, 0.2) is 0 Å². The Morgan fingerprint density at radius 2 is 1.33 bits per heavy atom. The number of aliphatic hydroxyl groups is 1. The minimum absolute atomic E-state index is 0.104. The maximum Gasteiger partial charge on any atom is 0.326 e. The van der Waals surface area contributed by atoms with Crippen LogP contribution in [0.4, 0.5) is 0 Å². The fourth-order valence-electron chi connectivity index (χ4n) is 7.46. The van der Waals surface area contributed by atoms with Gasteiger partial charge in [0.05, 0.1) is 18.7 Å². The number of aliphatic hydroxyl groups excluding tert-OH is 1.